The maximum Gasteiger partial charge on any atom is 0.264 e. The van der Waals surface area contributed by atoms with Crippen LogP contribution in [0.2, 0.25) is 0 Å². The number of carbonyl (C=O) groups excluding carboxylic acids is 1. The highest BCUT2D eigenvalue weighted by molar-refractivity contribution is 7.80. The van der Waals surface area contributed by atoms with E-state index in [1.165, 1.54) is 18.5 Å². The first-order valence-corrected chi connectivity index (χ1v) is 10.2. The lowest BCUT2D eigenvalue weighted by molar-refractivity contribution is -0.121. The normalized spacial score (nSPS) is 13.3. The molecule has 148 valence electrons. The Hall–Kier alpha value is -3.12. The standard InChI is InChI=1S/C23H23N3O2S/c27-22(16-28-21-9-5-7-17-6-1-2-8-20(17)21)25-23(29)24-18-10-12-19(13-11-18)26-14-3-4-15-26/h1-2,5-13H,3-4,14-16H2,(H2,24,25,27,29). The van der Waals surface area contributed by atoms with Gasteiger partial charge in [0, 0.05) is 29.9 Å². The number of rotatable bonds is 5. The molecule has 1 amide bonds. The molecule has 0 saturated carbocycles. The molecule has 1 fully saturated rings. The van der Waals surface area contributed by atoms with E-state index in [1.807, 2.05) is 54.6 Å². The lowest BCUT2D eigenvalue weighted by atomic mass is 10.1. The van der Waals surface area contributed by atoms with Crippen molar-refractivity contribution in [2.45, 2.75) is 12.8 Å². The average molecular weight is 406 g/mol. The van der Waals surface area contributed by atoms with Gasteiger partial charge in [0.25, 0.3) is 5.91 Å². The zero-order chi connectivity index (χ0) is 20.1. The minimum atomic E-state index is -0.302. The number of amides is 1. The lowest BCUT2D eigenvalue weighted by Gasteiger charge is -2.18. The molecule has 0 atom stereocenters. The molecule has 0 unspecified atom stereocenters. The van der Waals surface area contributed by atoms with Gasteiger partial charge >= 0.3 is 0 Å². The van der Waals surface area contributed by atoms with Crippen LogP contribution in [0.3, 0.4) is 0 Å². The van der Waals surface area contributed by atoms with Gasteiger partial charge in [0.15, 0.2) is 11.7 Å². The summed E-state index contributed by atoms with van der Waals surface area (Å²) < 4.78 is 5.70. The second kappa shape index (κ2) is 8.92. The minimum absolute atomic E-state index is 0.107. The van der Waals surface area contributed by atoms with Crippen molar-refractivity contribution in [1.29, 1.82) is 0 Å². The molecule has 5 nitrogen and oxygen atoms in total. The van der Waals surface area contributed by atoms with Crippen molar-refractivity contribution < 1.29 is 9.53 Å². The van der Waals surface area contributed by atoms with E-state index in [2.05, 4.69) is 27.7 Å². The lowest BCUT2D eigenvalue weighted by Crippen LogP contribution is -2.37. The molecule has 2 N–H and O–H groups in total. The zero-order valence-electron chi connectivity index (χ0n) is 16.1. The number of fused-ring (bicyclic) bond motifs is 1. The van der Waals surface area contributed by atoms with Crippen LogP contribution in [0.4, 0.5) is 11.4 Å². The van der Waals surface area contributed by atoms with Gasteiger partial charge in [0.05, 0.1) is 0 Å². The first-order valence-electron chi connectivity index (χ1n) is 9.75. The van der Waals surface area contributed by atoms with E-state index in [1.54, 1.807) is 0 Å². The van der Waals surface area contributed by atoms with Crippen LogP contribution in [0.1, 0.15) is 12.8 Å². The van der Waals surface area contributed by atoms with Crippen LogP contribution in [0.5, 0.6) is 5.75 Å². The molecular formula is C23H23N3O2S. The van der Waals surface area contributed by atoms with Gasteiger partial charge in [-0.25, -0.2) is 0 Å². The molecule has 1 aliphatic rings. The van der Waals surface area contributed by atoms with Crippen LogP contribution in [0, 0.1) is 0 Å². The molecule has 1 aliphatic heterocycles. The van der Waals surface area contributed by atoms with Crippen molar-refractivity contribution in [2.75, 3.05) is 29.9 Å². The van der Waals surface area contributed by atoms with Crippen molar-refractivity contribution in [1.82, 2.24) is 5.32 Å². The summed E-state index contributed by atoms with van der Waals surface area (Å²) in [4.78, 5) is 14.6. The smallest absolute Gasteiger partial charge is 0.264 e. The van der Waals surface area contributed by atoms with Gasteiger partial charge in [-0.2, -0.15) is 0 Å². The Labute approximate surface area is 175 Å². The van der Waals surface area contributed by atoms with Gasteiger partial charge in [0.1, 0.15) is 5.75 Å². The van der Waals surface area contributed by atoms with Crippen LogP contribution >= 0.6 is 12.2 Å². The summed E-state index contributed by atoms with van der Waals surface area (Å²) in [6.07, 6.45) is 2.49. The largest absolute Gasteiger partial charge is 0.483 e. The molecule has 6 heteroatoms. The highest BCUT2D eigenvalue weighted by Gasteiger charge is 2.12. The molecule has 1 heterocycles. The number of carbonyl (C=O) groups is 1. The van der Waals surface area contributed by atoms with Crippen molar-refractivity contribution in [3.63, 3.8) is 0 Å². The Balaban J connectivity index is 1.28. The summed E-state index contributed by atoms with van der Waals surface area (Å²) >= 11 is 5.25. The van der Waals surface area contributed by atoms with E-state index in [-0.39, 0.29) is 17.6 Å². The Kier molecular flexibility index (Phi) is 5.91. The van der Waals surface area contributed by atoms with Gasteiger partial charge in [-0.05, 0) is 60.8 Å². The summed E-state index contributed by atoms with van der Waals surface area (Å²) in [5.74, 6) is 0.374. The zero-order valence-corrected chi connectivity index (χ0v) is 16.9. The summed E-state index contributed by atoms with van der Waals surface area (Å²) in [6, 6.07) is 21.8. The van der Waals surface area contributed by atoms with Crippen LogP contribution < -0.4 is 20.3 Å². The number of thiocarbonyl (C=S) groups is 1. The Morgan fingerprint density at radius 1 is 0.966 bits per heavy atom. The van der Waals surface area contributed by atoms with E-state index in [0.29, 0.717) is 5.75 Å². The summed E-state index contributed by atoms with van der Waals surface area (Å²) in [5, 5.41) is 8.00. The molecule has 3 aromatic carbocycles. The number of ether oxygens (including phenoxy) is 1. The summed E-state index contributed by atoms with van der Waals surface area (Å²) in [5.41, 5.74) is 2.06. The van der Waals surface area contributed by atoms with Gasteiger partial charge < -0.3 is 15.0 Å². The van der Waals surface area contributed by atoms with Crippen molar-refractivity contribution in [3.05, 3.63) is 66.7 Å². The third-order valence-electron chi connectivity index (χ3n) is 4.96. The van der Waals surface area contributed by atoms with Crippen LogP contribution in [-0.4, -0.2) is 30.7 Å². The maximum atomic E-state index is 12.2. The van der Waals surface area contributed by atoms with Gasteiger partial charge in [0.2, 0.25) is 0 Å². The molecule has 4 rings (SSSR count). The predicted molar refractivity (Wildman–Crippen MR) is 122 cm³/mol. The van der Waals surface area contributed by atoms with Gasteiger partial charge in [-0.1, -0.05) is 36.4 Å². The molecular weight excluding hydrogens is 382 g/mol. The highest BCUT2D eigenvalue weighted by atomic mass is 32.1. The molecule has 1 saturated heterocycles. The fourth-order valence-electron chi connectivity index (χ4n) is 3.52. The Morgan fingerprint density at radius 3 is 2.48 bits per heavy atom. The van der Waals surface area contributed by atoms with E-state index >= 15 is 0 Å². The van der Waals surface area contributed by atoms with Gasteiger partial charge in [-0.15, -0.1) is 0 Å². The fourth-order valence-corrected chi connectivity index (χ4v) is 3.75. The van der Waals surface area contributed by atoms with Gasteiger partial charge in [-0.3, -0.25) is 10.1 Å². The SMILES string of the molecule is O=C(COc1cccc2ccccc12)NC(=S)Nc1ccc(N2CCCC2)cc1. The molecule has 0 bridgehead atoms. The predicted octanol–water partition coefficient (Wildman–Crippen LogP) is 4.33. The third kappa shape index (κ3) is 4.84. The monoisotopic (exact) mass is 405 g/mol. The van der Waals surface area contributed by atoms with Crippen molar-refractivity contribution >= 4 is 45.4 Å². The molecule has 0 radical (unpaired) electrons. The van der Waals surface area contributed by atoms with E-state index in [0.717, 1.165) is 29.5 Å². The topological polar surface area (TPSA) is 53.6 Å². The number of anilines is 2. The number of benzene rings is 3. The number of hydrogen-bond donors (Lipinski definition) is 2. The number of nitrogens with one attached hydrogen (secondary N) is 2. The van der Waals surface area contributed by atoms with Crippen LogP contribution in [0.25, 0.3) is 10.8 Å². The van der Waals surface area contributed by atoms with E-state index < -0.39 is 0 Å². The average Bonchev–Trinajstić information content (AvgIpc) is 3.27. The molecule has 0 aromatic heterocycles. The van der Waals surface area contributed by atoms with Crippen molar-refractivity contribution in [3.8, 4) is 5.75 Å². The van der Waals surface area contributed by atoms with Crippen LogP contribution in [0.15, 0.2) is 66.7 Å². The Bertz CT molecular complexity index is 1010. The van der Waals surface area contributed by atoms with Crippen molar-refractivity contribution in [2.24, 2.45) is 0 Å². The molecule has 0 aliphatic carbocycles. The Morgan fingerprint density at radius 2 is 1.69 bits per heavy atom. The fraction of sp³-hybridized carbons (Fsp3) is 0.217. The highest BCUT2D eigenvalue weighted by Crippen LogP contribution is 2.25. The van der Waals surface area contributed by atoms with E-state index in [9.17, 15) is 4.79 Å². The maximum absolute atomic E-state index is 12.2. The quantitative estimate of drug-likeness (QED) is 0.619. The van der Waals surface area contributed by atoms with E-state index in [4.69, 9.17) is 17.0 Å². The van der Waals surface area contributed by atoms with Crippen LogP contribution in [-0.2, 0) is 4.79 Å². The summed E-state index contributed by atoms with van der Waals surface area (Å²) in [6.45, 7) is 2.11. The number of nitrogens with zero attached hydrogens (tertiary/aromatic N) is 1. The first kappa shape index (κ1) is 19.2. The summed E-state index contributed by atoms with van der Waals surface area (Å²) in [7, 11) is 0. The minimum Gasteiger partial charge on any atom is -0.483 e. The second-order valence-corrected chi connectivity index (χ2v) is 7.42. The molecule has 29 heavy (non-hydrogen) atoms. The molecule has 3 aromatic rings. The second-order valence-electron chi connectivity index (χ2n) is 7.01. The number of hydrogen-bond acceptors (Lipinski definition) is 4. The molecule has 0 spiro atoms. The first-order chi connectivity index (χ1) is 14.2. The third-order valence-corrected chi connectivity index (χ3v) is 5.16.